The van der Waals surface area contributed by atoms with Crippen LogP contribution in [-0.2, 0) is 0 Å². The fourth-order valence-electron chi connectivity index (χ4n) is 0.375. The normalized spacial score (nSPS) is 9.71. The van der Waals surface area contributed by atoms with Crippen LogP contribution >= 0.6 is 0 Å². The van der Waals surface area contributed by atoms with E-state index in [9.17, 15) is 0 Å². The molecule has 40 valence electrons. The van der Waals surface area contributed by atoms with Crippen molar-refractivity contribution in [2.24, 2.45) is 0 Å². The van der Waals surface area contributed by atoms with Crippen LogP contribution in [0.25, 0.3) is 0 Å². The molecule has 0 aromatic rings. The standard InChI is InChI=1S/C3H3.3CH3.Pb/c1-3-2;;;;/h1H3;3*1H3;. The SMILES string of the molecule is CC#[C][Pb]([CH3])([CH3])[CH3]. The number of hydrogen-bond acceptors (Lipinski definition) is 0. The van der Waals surface area contributed by atoms with E-state index in [1.165, 1.54) is 0 Å². The van der Waals surface area contributed by atoms with E-state index in [0.29, 0.717) is 0 Å². The van der Waals surface area contributed by atoms with Gasteiger partial charge in [-0.1, -0.05) is 0 Å². The second kappa shape index (κ2) is 2.71. The molecule has 0 saturated heterocycles. The van der Waals surface area contributed by atoms with Gasteiger partial charge in [-0.15, -0.1) is 0 Å². The summed E-state index contributed by atoms with van der Waals surface area (Å²) in [5.41, 5.74) is 0. The van der Waals surface area contributed by atoms with Crippen molar-refractivity contribution in [1.82, 2.24) is 0 Å². The minimum absolute atomic E-state index is 1.74. The van der Waals surface area contributed by atoms with E-state index in [4.69, 9.17) is 0 Å². The van der Waals surface area contributed by atoms with Gasteiger partial charge in [-0.3, -0.25) is 0 Å². The van der Waals surface area contributed by atoms with Crippen LogP contribution in [0, 0.1) is 9.40 Å². The van der Waals surface area contributed by atoms with E-state index >= 15 is 0 Å². The Morgan fingerprint density at radius 2 is 1.57 bits per heavy atom. The first-order valence-electron chi connectivity index (χ1n) is 2.50. The number of hydrogen-bond donors (Lipinski definition) is 0. The molecule has 1 heteroatoms. The first-order valence-corrected chi connectivity index (χ1v) is 16.1. The van der Waals surface area contributed by atoms with Crippen molar-refractivity contribution in [2.45, 2.75) is 20.4 Å². The van der Waals surface area contributed by atoms with Gasteiger partial charge in [0.2, 0.25) is 0 Å². The van der Waals surface area contributed by atoms with Gasteiger partial charge in [0.15, 0.2) is 0 Å². The van der Waals surface area contributed by atoms with Crippen LogP contribution in [0.4, 0.5) is 0 Å². The van der Waals surface area contributed by atoms with Gasteiger partial charge in [0.1, 0.15) is 0 Å². The molecular formula is C6H12Pb. The van der Waals surface area contributed by atoms with E-state index in [0.717, 1.165) is 0 Å². The second-order valence-electron chi connectivity index (χ2n) is 2.62. The molecule has 0 heterocycles. The van der Waals surface area contributed by atoms with Crippen LogP contribution in [0.3, 0.4) is 0 Å². The molecule has 0 nitrogen and oxygen atoms in total. The van der Waals surface area contributed by atoms with Gasteiger partial charge in [0.05, 0.1) is 0 Å². The van der Waals surface area contributed by atoms with Gasteiger partial charge in [0.25, 0.3) is 0 Å². The Morgan fingerprint density at radius 1 is 1.14 bits per heavy atom. The van der Waals surface area contributed by atoms with Crippen LogP contribution in [0.1, 0.15) is 6.92 Å². The van der Waals surface area contributed by atoms with E-state index in [1.807, 2.05) is 6.92 Å². The maximum atomic E-state index is 3.26. The Hall–Kier alpha value is 0.482. The molecular weight excluding hydrogens is 279 g/mol. The van der Waals surface area contributed by atoms with E-state index in [-0.39, 0.29) is 0 Å². The van der Waals surface area contributed by atoms with Gasteiger partial charge in [0, 0.05) is 0 Å². The predicted octanol–water partition coefficient (Wildman–Crippen LogP) is 1.89. The van der Waals surface area contributed by atoms with Gasteiger partial charge < -0.3 is 0 Å². The third-order valence-corrected chi connectivity index (χ3v) is 4.39. The molecule has 0 amide bonds. The number of rotatable bonds is 0. The molecule has 0 N–H and O–H groups in total. The summed E-state index contributed by atoms with van der Waals surface area (Å²) in [6, 6.07) is 0. The summed E-state index contributed by atoms with van der Waals surface area (Å²) in [6.07, 6.45) is 0. The average molecular weight is 291 g/mol. The monoisotopic (exact) mass is 292 g/mol. The molecule has 0 radical (unpaired) electrons. The van der Waals surface area contributed by atoms with Crippen LogP contribution in [0.2, 0.25) is 13.4 Å². The first-order chi connectivity index (χ1) is 3.06. The molecule has 0 aliphatic rings. The van der Waals surface area contributed by atoms with Crippen LogP contribution in [-0.4, -0.2) is 21.2 Å². The molecule has 0 unspecified atom stereocenters. The molecule has 0 aromatic carbocycles. The molecule has 0 atom stereocenters. The Kier molecular flexibility index (Phi) is 2.89. The summed E-state index contributed by atoms with van der Waals surface area (Å²) in [4.78, 5) is 0. The van der Waals surface area contributed by atoms with E-state index in [1.54, 1.807) is 0 Å². The van der Waals surface area contributed by atoms with Crippen molar-refractivity contribution in [3.05, 3.63) is 0 Å². The summed E-state index contributed by atoms with van der Waals surface area (Å²) in [6.45, 7) is 1.92. The van der Waals surface area contributed by atoms with Crippen molar-refractivity contribution < 1.29 is 0 Å². The fraction of sp³-hybridized carbons (Fsp3) is 0.667. The Bertz CT molecular complexity index is 97.6. The molecule has 0 aliphatic heterocycles. The summed E-state index contributed by atoms with van der Waals surface area (Å²) in [5, 5.41) is 0. The van der Waals surface area contributed by atoms with Gasteiger partial charge >= 0.3 is 50.9 Å². The maximum absolute atomic E-state index is 3.26. The fourth-order valence-corrected chi connectivity index (χ4v) is 3.29. The quantitative estimate of drug-likeness (QED) is 0.472. The Labute approximate surface area is 51.0 Å². The first kappa shape index (κ1) is 7.48. The summed E-state index contributed by atoms with van der Waals surface area (Å²) >= 11 is -1.74. The van der Waals surface area contributed by atoms with Crippen LogP contribution < -0.4 is 0 Å². The van der Waals surface area contributed by atoms with Crippen LogP contribution in [0.5, 0.6) is 0 Å². The zero-order valence-corrected chi connectivity index (χ0v) is 9.39. The van der Waals surface area contributed by atoms with Gasteiger partial charge in [-0.25, -0.2) is 0 Å². The summed E-state index contributed by atoms with van der Waals surface area (Å²) in [7, 11) is 0. The van der Waals surface area contributed by atoms with Crippen molar-refractivity contribution in [3.8, 4) is 9.40 Å². The summed E-state index contributed by atoms with van der Waals surface area (Å²) in [5.74, 6) is 2.96. The van der Waals surface area contributed by atoms with E-state index in [2.05, 4.69) is 22.8 Å². The third kappa shape index (κ3) is 6.48. The molecule has 0 fully saturated rings. The topological polar surface area (TPSA) is 0 Å². The van der Waals surface area contributed by atoms with Crippen molar-refractivity contribution >= 4 is 21.2 Å². The van der Waals surface area contributed by atoms with Gasteiger partial charge in [-0.2, -0.15) is 0 Å². The Morgan fingerprint density at radius 3 is 1.57 bits per heavy atom. The predicted molar refractivity (Wildman–Crippen MR) is 36.8 cm³/mol. The molecule has 0 aromatic heterocycles. The molecule has 0 saturated carbocycles. The van der Waals surface area contributed by atoms with Crippen molar-refractivity contribution in [3.63, 3.8) is 0 Å². The van der Waals surface area contributed by atoms with Crippen LogP contribution in [0.15, 0.2) is 0 Å². The third-order valence-electron chi connectivity index (χ3n) is 0.500. The average Bonchev–Trinajstić information content (AvgIpc) is 1.30. The second-order valence-corrected chi connectivity index (χ2v) is 21.1. The molecule has 0 bridgehead atoms. The molecule has 0 rings (SSSR count). The zero-order valence-electron chi connectivity index (χ0n) is 5.50. The molecule has 0 spiro atoms. The van der Waals surface area contributed by atoms with Crippen molar-refractivity contribution in [2.75, 3.05) is 0 Å². The molecule has 7 heavy (non-hydrogen) atoms. The molecule has 0 aliphatic carbocycles. The minimum atomic E-state index is -1.74. The van der Waals surface area contributed by atoms with Gasteiger partial charge in [-0.05, 0) is 0 Å². The van der Waals surface area contributed by atoms with E-state index < -0.39 is 21.2 Å². The zero-order chi connectivity index (χ0) is 5.91. The Balaban J connectivity index is 3.72. The van der Waals surface area contributed by atoms with Crippen molar-refractivity contribution in [1.29, 1.82) is 0 Å². The summed E-state index contributed by atoms with van der Waals surface area (Å²) < 4.78 is 10.2.